The van der Waals surface area contributed by atoms with Gasteiger partial charge in [-0.3, -0.25) is 0 Å². The number of rotatable bonds is 6. The maximum atomic E-state index is 6.73. The van der Waals surface area contributed by atoms with Gasteiger partial charge in [0.05, 0.1) is 0 Å². The largest absolute Gasteiger partial charge is 0.125 e. The van der Waals surface area contributed by atoms with E-state index in [-0.39, 0.29) is 0 Å². The highest BCUT2D eigenvalue weighted by Crippen LogP contribution is 2.44. The van der Waals surface area contributed by atoms with Crippen LogP contribution in [-0.2, 0) is 5.41 Å². The van der Waals surface area contributed by atoms with E-state index in [1.807, 2.05) is 12.1 Å². The van der Waals surface area contributed by atoms with Crippen LogP contribution in [0.2, 0.25) is 0 Å². The maximum absolute atomic E-state index is 6.73. The van der Waals surface area contributed by atoms with Crippen LogP contribution in [0.15, 0.2) is 109 Å². The quantitative estimate of drug-likeness (QED) is 0.281. The Balaban J connectivity index is 1.98. The molecule has 0 aliphatic rings. The molecule has 2 heteroatoms. The lowest BCUT2D eigenvalue weighted by Crippen LogP contribution is -2.33. The van der Waals surface area contributed by atoms with Gasteiger partial charge >= 0.3 is 0 Å². The van der Waals surface area contributed by atoms with Crippen LogP contribution in [0.3, 0.4) is 0 Å². The lowest BCUT2D eigenvalue weighted by Gasteiger charge is -2.35. The Labute approximate surface area is 182 Å². The zero-order chi connectivity index (χ0) is 20.1. The fourth-order valence-electron chi connectivity index (χ4n) is 4.01. The van der Waals surface area contributed by atoms with Crippen molar-refractivity contribution in [3.63, 3.8) is 0 Å². The molecule has 4 aromatic rings. The van der Waals surface area contributed by atoms with Gasteiger partial charge in [-0.2, -0.15) is 0 Å². The van der Waals surface area contributed by atoms with E-state index in [9.17, 15) is 0 Å². The molecule has 0 aromatic heterocycles. The molecular weight excluding hydrogens is 395 g/mol. The van der Waals surface area contributed by atoms with Crippen molar-refractivity contribution in [2.45, 2.75) is 5.41 Å². The van der Waals surface area contributed by atoms with Crippen LogP contribution < -0.4 is 0 Å². The van der Waals surface area contributed by atoms with Crippen LogP contribution in [-0.4, -0.2) is 11.8 Å². The van der Waals surface area contributed by atoms with Crippen molar-refractivity contribution in [1.29, 1.82) is 0 Å². The summed E-state index contributed by atoms with van der Waals surface area (Å²) in [5.41, 5.74) is 6.45. The number of benzene rings is 4. The topological polar surface area (TPSA) is 0 Å². The smallest absolute Gasteiger partial charge is 0.0485 e. The van der Waals surface area contributed by atoms with E-state index in [0.29, 0.717) is 11.8 Å². The lowest BCUT2D eigenvalue weighted by atomic mass is 9.72. The minimum atomic E-state index is -0.512. The molecule has 4 rings (SSSR count). The van der Waals surface area contributed by atoms with E-state index in [1.165, 1.54) is 11.1 Å². The fraction of sp³-hybridized carbons (Fsp3) is 0.111. The summed E-state index contributed by atoms with van der Waals surface area (Å²) in [6.07, 6.45) is 0. The summed E-state index contributed by atoms with van der Waals surface area (Å²) in [5, 5.41) is 0. The average Bonchev–Trinajstić information content (AvgIpc) is 2.82. The van der Waals surface area contributed by atoms with Crippen molar-refractivity contribution < 1.29 is 0 Å². The van der Waals surface area contributed by atoms with Gasteiger partial charge in [0, 0.05) is 17.2 Å². The SMILES string of the molecule is ClCC(CCl)(c1ccccc1-c1ccccc1)c1ccccc1-c1ccccc1. The maximum Gasteiger partial charge on any atom is 0.0485 e. The molecule has 144 valence electrons. The summed E-state index contributed by atoms with van der Waals surface area (Å²) in [7, 11) is 0. The second kappa shape index (κ2) is 8.86. The number of hydrogen-bond acceptors (Lipinski definition) is 0. The van der Waals surface area contributed by atoms with E-state index in [2.05, 4.69) is 97.1 Å². The van der Waals surface area contributed by atoms with Gasteiger partial charge in [0.15, 0.2) is 0 Å². The Kier molecular flexibility index (Phi) is 6.04. The predicted molar refractivity (Wildman–Crippen MR) is 126 cm³/mol. The normalized spacial score (nSPS) is 11.4. The molecule has 29 heavy (non-hydrogen) atoms. The molecule has 0 aliphatic carbocycles. The molecular formula is C27H22Cl2. The van der Waals surface area contributed by atoms with Crippen LogP contribution >= 0.6 is 23.2 Å². The number of hydrogen-bond donors (Lipinski definition) is 0. The zero-order valence-corrected chi connectivity index (χ0v) is 17.6. The van der Waals surface area contributed by atoms with Gasteiger partial charge in [0.2, 0.25) is 0 Å². The second-order valence-corrected chi connectivity index (χ2v) is 7.71. The van der Waals surface area contributed by atoms with Crippen LogP contribution in [0.25, 0.3) is 22.3 Å². The highest BCUT2D eigenvalue weighted by atomic mass is 35.5. The summed E-state index contributed by atoms with van der Waals surface area (Å²) in [6.45, 7) is 0. The molecule has 0 bridgehead atoms. The highest BCUT2D eigenvalue weighted by Gasteiger charge is 2.36. The van der Waals surface area contributed by atoms with Crippen molar-refractivity contribution in [1.82, 2.24) is 0 Å². The molecule has 4 aromatic carbocycles. The molecule has 0 saturated carbocycles. The number of alkyl halides is 2. The zero-order valence-electron chi connectivity index (χ0n) is 16.1. The van der Waals surface area contributed by atoms with Gasteiger partial charge < -0.3 is 0 Å². The van der Waals surface area contributed by atoms with E-state index in [4.69, 9.17) is 23.2 Å². The third kappa shape index (κ3) is 3.71. The van der Waals surface area contributed by atoms with Crippen molar-refractivity contribution in [3.8, 4) is 22.3 Å². The Bertz CT molecular complexity index is 983. The van der Waals surface area contributed by atoms with Crippen LogP contribution in [0, 0.1) is 0 Å². The van der Waals surface area contributed by atoms with Gasteiger partial charge in [0.25, 0.3) is 0 Å². The molecule has 0 unspecified atom stereocenters. The summed E-state index contributed by atoms with van der Waals surface area (Å²) >= 11 is 13.5. The molecule has 0 saturated heterocycles. The van der Waals surface area contributed by atoms with Gasteiger partial charge in [0.1, 0.15) is 0 Å². The molecule has 0 fully saturated rings. The number of halogens is 2. The summed E-state index contributed by atoms with van der Waals surface area (Å²) in [4.78, 5) is 0. The van der Waals surface area contributed by atoms with Gasteiger partial charge in [-0.25, -0.2) is 0 Å². The fourth-order valence-corrected chi connectivity index (χ4v) is 4.87. The first kappa shape index (κ1) is 19.8. The van der Waals surface area contributed by atoms with E-state index in [0.717, 1.165) is 22.3 Å². The molecule has 0 radical (unpaired) electrons. The first-order valence-electron chi connectivity index (χ1n) is 9.72. The van der Waals surface area contributed by atoms with Crippen LogP contribution in [0.4, 0.5) is 0 Å². The van der Waals surface area contributed by atoms with Crippen molar-refractivity contribution in [2.24, 2.45) is 0 Å². The summed E-state index contributed by atoms with van der Waals surface area (Å²) in [6, 6.07) is 37.8. The van der Waals surface area contributed by atoms with Crippen LogP contribution in [0.5, 0.6) is 0 Å². The molecule has 0 heterocycles. The molecule has 0 nitrogen and oxygen atoms in total. The average molecular weight is 417 g/mol. The Morgan fingerprint density at radius 1 is 0.448 bits per heavy atom. The van der Waals surface area contributed by atoms with E-state index in [1.54, 1.807) is 0 Å². The molecule has 0 amide bonds. The Hall–Kier alpha value is -2.54. The standard InChI is InChI=1S/C27H22Cl2/c28-19-27(20-29,25-17-9-7-15-23(25)21-11-3-1-4-12-21)26-18-10-8-16-24(26)22-13-5-2-6-14-22/h1-18H,19-20H2. The highest BCUT2D eigenvalue weighted by molar-refractivity contribution is 6.23. The van der Waals surface area contributed by atoms with Gasteiger partial charge in [-0.15, -0.1) is 23.2 Å². The van der Waals surface area contributed by atoms with Crippen molar-refractivity contribution >= 4 is 23.2 Å². The van der Waals surface area contributed by atoms with E-state index < -0.39 is 5.41 Å². The van der Waals surface area contributed by atoms with Gasteiger partial charge in [-0.1, -0.05) is 109 Å². The van der Waals surface area contributed by atoms with Crippen molar-refractivity contribution in [2.75, 3.05) is 11.8 Å². The third-order valence-electron chi connectivity index (χ3n) is 5.51. The molecule has 0 atom stereocenters. The minimum absolute atomic E-state index is 0.393. The molecule has 0 spiro atoms. The minimum Gasteiger partial charge on any atom is -0.125 e. The predicted octanol–water partition coefficient (Wildman–Crippen LogP) is 7.78. The molecule has 0 N–H and O–H groups in total. The third-order valence-corrected chi connectivity index (χ3v) is 6.42. The second-order valence-electron chi connectivity index (χ2n) is 7.17. The van der Waals surface area contributed by atoms with Crippen LogP contribution in [0.1, 0.15) is 11.1 Å². The Morgan fingerprint density at radius 2 is 0.793 bits per heavy atom. The lowest BCUT2D eigenvalue weighted by molar-refractivity contribution is 0.660. The van der Waals surface area contributed by atoms with Gasteiger partial charge in [-0.05, 0) is 33.4 Å². The monoisotopic (exact) mass is 416 g/mol. The first-order valence-corrected chi connectivity index (χ1v) is 10.8. The Morgan fingerprint density at radius 3 is 1.17 bits per heavy atom. The van der Waals surface area contributed by atoms with E-state index >= 15 is 0 Å². The summed E-state index contributed by atoms with van der Waals surface area (Å²) < 4.78 is 0. The summed E-state index contributed by atoms with van der Waals surface area (Å²) in [5.74, 6) is 0.786. The molecule has 0 aliphatic heterocycles. The first-order chi connectivity index (χ1) is 14.3. The van der Waals surface area contributed by atoms with Crippen molar-refractivity contribution in [3.05, 3.63) is 120 Å².